The third kappa shape index (κ3) is 4.68. The van der Waals surface area contributed by atoms with Gasteiger partial charge in [0.15, 0.2) is 0 Å². The Morgan fingerprint density at radius 1 is 1.30 bits per heavy atom. The van der Waals surface area contributed by atoms with Crippen LogP contribution in [-0.4, -0.2) is 77.5 Å². The minimum absolute atomic E-state index is 0.190. The summed E-state index contributed by atoms with van der Waals surface area (Å²) in [5.41, 5.74) is 5.78. The van der Waals surface area contributed by atoms with Crippen molar-refractivity contribution in [2.75, 3.05) is 39.8 Å². The van der Waals surface area contributed by atoms with Gasteiger partial charge in [-0.05, 0) is 20.3 Å². The highest BCUT2D eigenvalue weighted by Crippen LogP contribution is 2.10. The molecule has 0 aromatic rings. The van der Waals surface area contributed by atoms with Crippen molar-refractivity contribution in [3.05, 3.63) is 0 Å². The van der Waals surface area contributed by atoms with Crippen LogP contribution in [0.25, 0.3) is 0 Å². The molecule has 1 fully saturated rings. The van der Waals surface area contributed by atoms with Gasteiger partial charge >= 0.3 is 0 Å². The number of carbonyl (C=O) groups excluding carboxylic acids is 1. The topological polar surface area (TPSA) is 52.8 Å². The molecule has 1 unspecified atom stereocenters. The van der Waals surface area contributed by atoms with E-state index >= 15 is 0 Å². The summed E-state index contributed by atoms with van der Waals surface area (Å²) in [4.78, 5) is 19.0. The van der Waals surface area contributed by atoms with Gasteiger partial charge in [0, 0.05) is 39.3 Å². The van der Waals surface area contributed by atoms with Crippen LogP contribution in [0, 0.1) is 0 Å². The highest BCUT2D eigenvalue weighted by Gasteiger charge is 2.26. The number of hydrogen-bond donors (Lipinski definition) is 1. The number of thiocarbonyl (C=S) groups is 1. The van der Waals surface area contributed by atoms with E-state index in [1.807, 2.05) is 20.9 Å². The second kappa shape index (κ2) is 7.90. The van der Waals surface area contributed by atoms with E-state index in [1.165, 1.54) is 0 Å². The summed E-state index contributed by atoms with van der Waals surface area (Å²) in [5, 5.41) is 0. The number of amides is 1. The standard InChI is InChI=1S/C14H28N4OS/c1-5-12(14(15)20)18-8-6-17(7-9-18)10-13(19)16(4)11(2)3/h11-12H,5-10H2,1-4H3,(H2,15,20). The summed E-state index contributed by atoms with van der Waals surface area (Å²) in [6, 6.07) is 0.448. The maximum atomic E-state index is 12.1. The molecule has 0 aromatic heterocycles. The molecule has 1 atom stereocenters. The molecule has 116 valence electrons. The van der Waals surface area contributed by atoms with Gasteiger partial charge in [-0.2, -0.15) is 0 Å². The van der Waals surface area contributed by atoms with Gasteiger partial charge < -0.3 is 10.6 Å². The molecule has 1 saturated heterocycles. The summed E-state index contributed by atoms with van der Waals surface area (Å²) >= 11 is 5.12. The van der Waals surface area contributed by atoms with Gasteiger partial charge in [-0.3, -0.25) is 14.6 Å². The molecule has 0 aromatic carbocycles. The van der Waals surface area contributed by atoms with Crippen molar-refractivity contribution >= 4 is 23.1 Å². The van der Waals surface area contributed by atoms with E-state index in [-0.39, 0.29) is 18.0 Å². The maximum Gasteiger partial charge on any atom is 0.236 e. The highest BCUT2D eigenvalue weighted by atomic mass is 32.1. The summed E-state index contributed by atoms with van der Waals surface area (Å²) in [5.74, 6) is 0.190. The summed E-state index contributed by atoms with van der Waals surface area (Å²) < 4.78 is 0. The molecule has 1 aliphatic heterocycles. The van der Waals surface area contributed by atoms with E-state index < -0.39 is 0 Å². The van der Waals surface area contributed by atoms with Crippen molar-refractivity contribution < 1.29 is 4.79 Å². The van der Waals surface area contributed by atoms with Crippen molar-refractivity contribution in [1.29, 1.82) is 0 Å². The Kier molecular flexibility index (Phi) is 6.85. The van der Waals surface area contributed by atoms with Crippen molar-refractivity contribution in [1.82, 2.24) is 14.7 Å². The quantitative estimate of drug-likeness (QED) is 0.726. The lowest BCUT2D eigenvalue weighted by Crippen LogP contribution is -2.55. The van der Waals surface area contributed by atoms with Crippen LogP contribution in [-0.2, 0) is 4.79 Å². The van der Waals surface area contributed by atoms with Gasteiger partial charge in [0.05, 0.1) is 17.6 Å². The van der Waals surface area contributed by atoms with Crippen LogP contribution in [0.5, 0.6) is 0 Å². The predicted molar refractivity (Wildman–Crippen MR) is 86.8 cm³/mol. The van der Waals surface area contributed by atoms with Gasteiger partial charge in [-0.15, -0.1) is 0 Å². The second-order valence-corrected chi connectivity index (χ2v) is 6.21. The van der Waals surface area contributed by atoms with Crippen molar-refractivity contribution in [2.45, 2.75) is 39.3 Å². The first-order chi connectivity index (χ1) is 9.36. The third-order valence-electron chi connectivity index (χ3n) is 4.09. The zero-order valence-corrected chi connectivity index (χ0v) is 13.9. The van der Waals surface area contributed by atoms with Crippen molar-refractivity contribution in [2.24, 2.45) is 5.73 Å². The Balaban J connectivity index is 2.43. The smallest absolute Gasteiger partial charge is 0.236 e. The van der Waals surface area contributed by atoms with E-state index in [4.69, 9.17) is 18.0 Å². The summed E-state index contributed by atoms with van der Waals surface area (Å²) in [6.45, 7) is 10.3. The third-order valence-corrected chi connectivity index (χ3v) is 4.36. The number of carbonyl (C=O) groups is 1. The molecule has 1 heterocycles. The SMILES string of the molecule is CCC(C(N)=S)N1CCN(CC(=O)N(C)C(C)C)CC1. The lowest BCUT2D eigenvalue weighted by Gasteiger charge is -2.39. The van der Waals surface area contributed by atoms with Crippen LogP contribution in [0.4, 0.5) is 0 Å². The van der Waals surface area contributed by atoms with Gasteiger partial charge in [-0.25, -0.2) is 0 Å². The molecule has 1 amide bonds. The Hall–Kier alpha value is -0.720. The first-order valence-electron chi connectivity index (χ1n) is 7.38. The molecular formula is C14H28N4OS. The maximum absolute atomic E-state index is 12.1. The highest BCUT2D eigenvalue weighted by molar-refractivity contribution is 7.80. The fourth-order valence-corrected chi connectivity index (χ4v) is 2.78. The Morgan fingerprint density at radius 2 is 1.85 bits per heavy atom. The molecule has 6 heteroatoms. The minimum atomic E-state index is 0.190. The minimum Gasteiger partial charge on any atom is -0.392 e. The average Bonchev–Trinajstić information content (AvgIpc) is 2.40. The lowest BCUT2D eigenvalue weighted by atomic mass is 10.1. The summed E-state index contributed by atoms with van der Waals surface area (Å²) in [6.07, 6.45) is 0.949. The van der Waals surface area contributed by atoms with Crippen LogP contribution in [0.15, 0.2) is 0 Å². The van der Waals surface area contributed by atoms with Gasteiger partial charge in [-0.1, -0.05) is 19.1 Å². The van der Waals surface area contributed by atoms with Crippen LogP contribution >= 0.6 is 12.2 Å². The molecule has 0 bridgehead atoms. The molecule has 0 spiro atoms. The molecule has 0 radical (unpaired) electrons. The van der Waals surface area contributed by atoms with E-state index in [1.54, 1.807) is 4.90 Å². The zero-order valence-electron chi connectivity index (χ0n) is 13.1. The number of hydrogen-bond acceptors (Lipinski definition) is 4. The fourth-order valence-electron chi connectivity index (χ4n) is 2.46. The van der Waals surface area contributed by atoms with Crippen LogP contribution in [0.1, 0.15) is 27.2 Å². The molecule has 0 aliphatic carbocycles. The lowest BCUT2D eigenvalue weighted by molar-refractivity contribution is -0.133. The molecule has 1 aliphatic rings. The molecule has 1 rings (SSSR count). The van der Waals surface area contributed by atoms with E-state index in [0.717, 1.165) is 32.6 Å². The van der Waals surface area contributed by atoms with Crippen LogP contribution in [0.3, 0.4) is 0 Å². The molecule has 5 nitrogen and oxygen atoms in total. The molecule has 0 saturated carbocycles. The van der Waals surface area contributed by atoms with E-state index in [0.29, 0.717) is 11.5 Å². The predicted octanol–water partition coefficient (Wildman–Crippen LogP) is 0.536. The van der Waals surface area contributed by atoms with Gasteiger partial charge in [0.25, 0.3) is 0 Å². The number of nitrogens with two attached hydrogens (primary N) is 1. The second-order valence-electron chi connectivity index (χ2n) is 5.74. The Morgan fingerprint density at radius 3 is 2.25 bits per heavy atom. The van der Waals surface area contributed by atoms with Crippen LogP contribution in [0.2, 0.25) is 0 Å². The average molecular weight is 300 g/mol. The number of rotatable bonds is 6. The molecule has 20 heavy (non-hydrogen) atoms. The molecule has 2 N–H and O–H groups in total. The number of piperazine rings is 1. The summed E-state index contributed by atoms with van der Waals surface area (Å²) in [7, 11) is 1.86. The Labute approximate surface area is 128 Å². The molecular weight excluding hydrogens is 272 g/mol. The van der Waals surface area contributed by atoms with Crippen molar-refractivity contribution in [3.63, 3.8) is 0 Å². The van der Waals surface area contributed by atoms with E-state index in [2.05, 4.69) is 16.7 Å². The normalized spacial score (nSPS) is 19.1. The van der Waals surface area contributed by atoms with Crippen molar-refractivity contribution in [3.8, 4) is 0 Å². The monoisotopic (exact) mass is 300 g/mol. The fraction of sp³-hybridized carbons (Fsp3) is 0.857. The van der Waals surface area contributed by atoms with E-state index in [9.17, 15) is 4.79 Å². The van der Waals surface area contributed by atoms with Gasteiger partial charge in [0.2, 0.25) is 5.91 Å². The largest absolute Gasteiger partial charge is 0.392 e. The number of nitrogens with zero attached hydrogens (tertiary/aromatic N) is 3. The first-order valence-corrected chi connectivity index (χ1v) is 7.79. The number of likely N-dealkylation sites (N-methyl/N-ethyl adjacent to an activating group) is 1. The Bertz CT molecular complexity index is 340. The first kappa shape index (κ1) is 17.3. The van der Waals surface area contributed by atoms with Crippen LogP contribution < -0.4 is 5.73 Å². The zero-order chi connectivity index (χ0) is 15.3. The van der Waals surface area contributed by atoms with Gasteiger partial charge in [0.1, 0.15) is 0 Å².